The van der Waals surface area contributed by atoms with Gasteiger partial charge < -0.3 is 19.9 Å². The van der Waals surface area contributed by atoms with Crippen molar-refractivity contribution in [1.82, 2.24) is 24.5 Å². The minimum absolute atomic E-state index is 0.637. The number of para-hydroxylation sites is 1. The molecule has 0 bridgehead atoms. The maximum absolute atomic E-state index is 5.46. The lowest BCUT2D eigenvalue weighted by atomic mass is 10.1. The van der Waals surface area contributed by atoms with Crippen LogP contribution in [0, 0.1) is 0 Å². The monoisotopic (exact) mass is 443 g/mol. The second kappa shape index (κ2) is 9.46. The Kier molecular flexibility index (Phi) is 6.08. The molecule has 8 heteroatoms. The minimum atomic E-state index is 0.637. The molecule has 0 unspecified atom stereocenters. The van der Waals surface area contributed by atoms with Crippen molar-refractivity contribution in [2.45, 2.75) is 13.5 Å². The van der Waals surface area contributed by atoms with Gasteiger partial charge in [-0.3, -0.25) is 4.40 Å². The van der Waals surface area contributed by atoms with E-state index in [2.05, 4.69) is 62.6 Å². The van der Waals surface area contributed by atoms with Gasteiger partial charge in [0.1, 0.15) is 23.7 Å². The molecule has 4 aromatic rings. The zero-order valence-corrected chi connectivity index (χ0v) is 19.1. The highest BCUT2D eigenvalue weighted by Crippen LogP contribution is 2.28. The molecule has 1 aliphatic heterocycles. The average molecular weight is 444 g/mol. The molecule has 33 heavy (non-hydrogen) atoms. The van der Waals surface area contributed by atoms with E-state index in [0.29, 0.717) is 6.54 Å². The smallest absolute Gasteiger partial charge is 0.170 e. The van der Waals surface area contributed by atoms with Crippen molar-refractivity contribution in [1.29, 1.82) is 0 Å². The van der Waals surface area contributed by atoms with Gasteiger partial charge in [0, 0.05) is 55.6 Å². The zero-order chi connectivity index (χ0) is 22.6. The van der Waals surface area contributed by atoms with Gasteiger partial charge in [-0.1, -0.05) is 25.1 Å². The second-order valence-corrected chi connectivity index (χ2v) is 8.15. The number of ether oxygens (including phenoxy) is 1. The fourth-order valence-corrected chi connectivity index (χ4v) is 4.34. The normalized spacial score (nSPS) is 14.5. The summed E-state index contributed by atoms with van der Waals surface area (Å²) in [5.41, 5.74) is 3.92. The van der Waals surface area contributed by atoms with Crippen molar-refractivity contribution in [3.8, 4) is 16.9 Å². The summed E-state index contributed by atoms with van der Waals surface area (Å²) in [4.78, 5) is 9.58. The van der Waals surface area contributed by atoms with Crippen molar-refractivity contribution >= 4 is 17.3 Å². The molecule has 1 saturated heterocycles. The summed E-state index contributed by atoms with van der Waals surface area (Å²) in [6, 6.07) is 16.4. The van der Waals surface area contributed by atoms with Crippen LogP contribution in [0.2, 0.25) is 0 Å². The maximum Gasteiger partial charge on any atom is 0.170 e. The highest BCUT2D eigenvalue weighted by Gasteiger charge is 2.17. The van der Waals surface area contributed by atoms with Gasteiger partial charge in [-0.2, -0.15) is 0 Å². The number of fused-ring (bicyclic) bond motifs is 1. The van der Waals surface area contributed by atoms with E-state index in [1.165, 1.54) is 0 Å². The number of methoxy groups -OCH3 is 1. The van der Waals surface area contributed by atoms with E-state index in [1.54, 1.807) is 13.4 Å². The van der Waals surface area contributed by atoms with Crippen molar-refractivity contribution in [3.05, 3.63) is 66.6 Å². The van der Waals surface area contributed by atoms with Crippen LogP contribution >= 0.6 is 0 Å². The Bertz CT molecular complexity index is 1210. The predicted molar refractivity (Wildman–Crippen MR) is 131 cm³/mol. The molecule has 0 spiro atoms. The first-order valence-electron chi connectivity index (χ1n) is 11.4. The Morgan fingerprint density at radius 3 is 2.61 bits per heavy atom. The predicted octanol–water partition coefficient (Wildman–Crippen LogP) is 3.55. The average Bonchev–Trinajstić information content (AvgIpc) is 3.38. The number of benzene rings is 1. The molecule has 1 aromatic carbocycles. The van der Waals surface area contributed by atoms with Crippen LogP contribution in [-0.2, 0) is 6.54 Å². The summed E-state index contributed by atoms with van der Waals surface area (Å²) >= 11 is 0. The SMILES string of the molecule is CCN1CCN(c2ccc(-c3ccc(NCc4ccccc4OC)n4cnnc34)cn2)CC1. The summed E-state index contributed by atoms with van der Waals surface area (Å²) in [6.45, 7) is 8.17. The maximum atomic E-state index is 5.46. The van der Waals surface area contributed by atoms with Gasteiger partial charge in [0.15, 0.2) is 5.65 Å². The molecular weight excluding hydrogens is 414 g/mol. The second-order valence-electron chi connectivity index (χ2n) is 8.15. The number of anilines is 2. The van der Waals surface area contributed by atoms with E-state index in [0.717, 1.165) is 72.4 Å². The van der Waals surface area contributed by atoms with Crippen LogP contribution in [0.1, 0.15) is 12.5 Å². The number of pyridine rings is 2. The number of aromatic nitrogens is 4. The molecule has 0 aliphatic carbocycles. The van der Waals surface area contributed by atoms with Gasteiger partial charge in [0.25, 0.3) is 0 Å². The van der Waals surface area contributed by atoms with E-state index in [-0.39, 0.29) is 0 Å². The lowest BCUT2D eigenvalue weighted by Gasteiger charge is -2.34. The molecule has 0 atom stereocenters. The van der Waals surface area contributed by atoms with Crippen LogP contribution < -0.4 is 15.0 Å². The Morgan fingerprint density at radius 2 is 1.85 bits per heavy atom. The van der Waals surface area contributed by atoms with E-state index < -0.39 is 0 Å². The van der Waals surface area contributed by atoms with Gasteiger partial charge in [-0.05, 0) is 36.9 Å². The van der Waals surface area contributed by atoms with Crippen LogP contribution in [-0.4, -0.2) is 64.3 Å². The number of hydrogen-bond acceptors (Lipinski definition) is 7. The standard InChI is InChI=1S/C25H29N7O/c1-3-30-12-14-31(15-13-30)23-10-8-19(16-26-23)21-9-11-24(32-18-28-29-25(21)32)27-17-20-6-4-5-7-22(20)33-2/h4-11,16,18,27H,3,12-15,17H2,1-2H3. The third-order valence-corrected chi connectivity index (χ3v) is 6.31. The Balaban J connectivity index is 1.35. The number of nitrogens with one attached hydrogen (secondary N) is 1. The zero-order valence-electron chi connectivity index (χ0n) is 19.1. The molecule has 3 aromatic heterocycles. The number of rotatable bonds is 7. The van der Waals surface area contributed by atoms with Gasteiger partial charge in [-0.15, -0.1) is 10.2 Å². The lowest BCUT2D eigenvalue weighted by molar-refractivity contribution is 0.270. The first kappa shape index (κ1) is 21.2. The van der Waals surface area contributed by atoms with Crippen molar-refractivity contribution in [2.24, 2.45) is 0 Å². The molecule has 1 N–H and O–H groups in total. The number of likely N-dealkylation sites (N-methyl/N-ethyl adjacent to an activating group) is 1. The third-order valence-electron chi connectivity index (χ3n) is 6.31. The Hall–Kier alpha value is -3.65. The van der Waals surface area contributed by atoms with Crippen LogP contribution in [0.15, 0.2) is 61.1 Å². The molecule has 0 amide bonds. The molecule has 5 rings (SSSR count). The highest BCUT2D eigenvalue weighted by molar-refractivity contribution is 5.79. The fraction of sp³-hybridized carbons (Fsp3) is 0.320. The molecule has 170 valence electrons. The molecular formula is C25H29N7O. The summed E-state index contributed by atoms with van der Waals surface area (Å²) < 4.78 is 7.44. The summed E-state index contributed by atoms with van der Waals surface area (Å²) in [7, 11) is 1.69. The topological polar surface area (TPSA) is 70.8 Å². The Labute approximate surface area is 193 Å². The van der Waals surface area contributed by atoms with E-state index >= 15 is 0 Å². The first-order chi connectivity index (χ1) is 16.3. The first-order valence-corrected chi connectivity index (χ1v) is 11.4. The van der Waals surface area contributed by atoms with Gasteiger partial charge in [-0.25, -0.2) is 4.98 Å². The summed E-state index contributed by atoms with van der Waals surface area (Å²) in [5.74, 6) is 2.81. The fourth-order valence-electron chi connectivity index (χ4n) is 4.34. The molecule has 1 fully saturated rings. The molecule has 0 radical (unpaired) electrons. The molecule has 1 aliphatic rings. The summed E-state index contributed by atoms with van der Waals surface area (Å²) in [5, 5.41) is 12.0. The van der Waals surface area contributed by atoms with Crippen molar-refractivity contribution in [2.75, 3.05) is 50.1 Å². The van der Waals surface area contributed by atoms with E-state index in [9.17, 15) is 0 Å². The van der Waals surface area contributed by atoms with Crippen LogP contribution in [0.4, 0.5) is 11.6 Å². The third kappa shape index (κ3) is 4.34. The van der Waals surface area contributed by atoms with Crippen LogP contribution in [0.25, 0.3) is 16.8 Å². The van der Waals surface area contributed by atoms with Crippen LogP contribution in [0.3, 0.4) is 0 Å². The minimum Gasteiger partial charge on any atom is -0.496 e. The van der Waals surface area contributed by atoms with E-state index in [4.69, 9.17) is 9.72 Å². The number of hydrogen-bond donors (Lipinski definition) is 1. The number of piperazine rings is 1. The van der Waals surface area contributed by atoms with Gasteiger partial charge in [0.05, 0.1) is 7.11 Å². The van der Waals surface area contributed by atoms with Gasteiger partial charge >= 0.3 is 0 Å². The van der Waals surface area contributed by atoms with Crippen molar-refractivity contribution in [3.63, 3.8) is 0 Å². The lowest BCUT2D eigenvalue weighted by Crippen LogP contribution is -2.46. The highest BCUT2D eigenvalue weighted by atomic mass is 16.5. The Morgan fingerprint density at radius 1 is 1.00 bits per heavy atom. The van der Waals surface area contributed by atoms with Crippen LogP contribution in [0.5, 0.6) is 5.75 Å². The molecule has 0 saturated carbocycles. The number of nitrogens with zero attached hydrogens (tertiary/aromatic N) is 6. The summed E-state index contributed by atoms with van der Waals surface area (Å²) in [6.07, 6.45) is 3.67. The van der Waals surface area contributed by atoms with E-state index in [1.807, 2.05) is 28.8 Å². The largest absolute Gasteiger partial charge is 0.496 e. The van der Waals surface area contributed by atoms with Gasteiger partial charge in [0.2, 0.25) is 0 Å². The quantitative estimate of drug-likeness (QED) is 0.468. The van der Waals surface area contributed by atoms with Crippen molar-refractivity contribution < 1.29 is 4.74 Å². The molecule has 4 heterocycles. The molecule has 8 nitrogen and oxygen atoms in total.